The summed E-state index contributed by atoms with van der Waals surface area (Å²) in [5.74, 6) is 0.665. The summed E-state index contributed by atoms with van der Waals surface area (Å²) < 4.78 is 35.2. The number of nitrogens with one attached hydrogen (secondary N) is 1. The van der Waals surface area contributed by atoms with Crippen molar-refractivity contribution >= 4 is 10.0 Å². The van der Waals surface area contributed by atoms with E-state index in [0.29, 0.717) is 5.75 Å². The fourth-order valence-electron chi connectivity index (χ4n) is 3.02. The van der Waals surface area contributed by atoms with Crippen molar-refractivity contribution in [3.05, 3.63) is 40.7 Å². The molecule has 1 aromatic heterocycles. The van der Waals surface area contributed by atoms with Crippen LogP contribution in [0.15, 0.2) is 23.1 Å². The van der Waals surface area contributed by atoms with Gasteiger partial charge in [-0.05, 0) is 58.4 Å². The molecule has 0 fully saturated rings. The van der Waals surface area contributed by atoms with Gasteiger partial charge in [0.05, 0.1) is 17.7 Å². The van der Waals surface area contributed by atoms with Gasteiger partial charge in [0, 0.05) is 23.8 Å². The second-order valence-corrected chi connectivity index (χ2v) is 7.59. The summed E-state index contributed by atoms with van der Waals surface area (Å²) in [5, 5.41) is 4.45. The first kappa shape index (κ1) is 18.5. The normalized spacial score (nSPS) is 13.1. The molecule has 0 saturated heterocycles. The number of rotatable bonds is 6. The molecule has 0 amide bonds. The Hall–Kier alpha value is -1.86. The van der Waals surface area contributed by atoms with Crippen molar-refractivity contribution < 1.29 is 13.2 Å². The first-order valence-corrected chi connectivity index (χ1v) is 9.40. The molecule has 0 aliphatic rings. The molecular formula is C17H25N3O3S. The number of aryl methyl sites for hydroxylation is 3. The fourth-order valence-corrected chi connectivity index (χ4v) is 4.32. The molecule has 0 spiro atoms. The van der Waals surface area contributed by atoms with E-state index in [4.69, 9.17) is 4.74 Å². The van der Waals surface area contributed by atoms with E-state index in [1.165, 1.54) is 0 Å². The maximum Gasteiger partial charge on any atom is 0.241 e. The van der Waals surface area contributed by atoms with Gasteiger partial charge in [-0.1, -0.05) is 0 Å². The Bertz CT molecular complexity index is 841. The van der Waals surface area contributed by atoms with Gasteiger partial charge in [-0.25, -0.2) is 13.1 Å². The Morgan fingerprint density at radius 1 is 1.29 bits per heavy atom. The van der Waals surface area contributed by atoms with E-state index in [1.807, 2.05) is 39.3 Å². The molecular weight excluding hydrogens is 326 g/mol. The fraction of sp³-hybridized carbons (Fsp3) is 0.471. The van der Waals surface area contributed by atoms with Crippen molar-refractivity contribution in [1.29, 1.82) is 0 Å². The van der Waals surface area contributed by atoms with Gasteiger partial charge in [0.1, 0.15) is 5.75 Å². The van der Waals surface area contributed by atoms with Crippen molar-refractivity contribution in [3.8, 4) is 5.75 Å². The number of aromatic nitrogens is 2. The van der Waals surface area contributed by atoms with E-state index in [-0.39, 0.29) is 10.9 Å². The number of methoxy groups -OCH3 is 1. The molecule has 0 bridgehead atoms. The third-order valence-corrected chi connectivity index (χ3v) is 5.72. The van der Waals surface area contributed by atoms with Crippen LogP contribution in [0, 0.1) is 20.8 Å². The van der Waals surface area contributed by atoms with E-state index in [1.54, 1.807) is 25.3 Å². The summed E-state index contributed by atoms with van der Waals surface area (Å²) in [6.45, 7) is 10.3. The second-order valence-electron chi connectivity index (χ2n) is 5.87. The Morgan fingerprint density at radius 3 is 2.46 bits per heavy atom. The highest BCUT2D eigenvalue weighted by Crippen LogP contribution is 2.25. The predicted molar refractivity (Wildman–Crippen MR) is 93.8 cm³/mol. The summed E-state index contributed by atoms with van der Waals surface area (Å²) in [7, 11) is -2.07. The van der Waals surface area contributed by atoms with E-state index in [9.17, 15) is 8.42 Å². The van der Waals surface area contributed by atoms with Crippen molar-refractivity contribution in [2.75, 3.05) is 7.11 Å². The van der Waals surface area contributed by atoms with Gasteiger partial charge in [-0.2, -0.15) is 5.10 Å². The van der Waals surface area contributed by atoms with Crippen LogP contribution < -0.4 is 9.46 Å². The largest absolute Gasteiger partial charge is 0.496 e. The van der Waals surface area contributed by atoms with Crippen LogP contribution in [0.25, 0.3) is 0 Å². The maximum atomic E-state index is 12.7. The Morgan fingerprint density at radius 2 is 1.96 bits per heavy atom. The molecule has 7 heteroatoms. The third-order valence-electron chi connectivity index (χ3n) is 4.18. The monoisotopic (exact) mass is 351 g/mol. The molecule has 1 heterocycles. The standard InChI is InChI=1S/C17H25N3O3S/c1-7-20-14(5)17(12(3)18-20)13(4)19-24(21,22)15-8-9-16(23-6)11(2)10-15/h8-10,13,19H,7H2,1-6H3/t13-/m0/s1. The van der Waals surface area contributed by atoms with Gasteiger partial charge in [-0.3, -0.25) is 4.68 Å². The number of nitrogens with zero attached hydrogens (tertiary/aromatic N) is 2. The van der Waals surface area contributed by atoms with E-state index in [2.05, 4.69) is 9.82 Å². The molecule has 24 heavy (non-hydrogen) atoms. The van der Waals surface area contributed by atoms with E-state index < -0.39 is 10.0 Å². The van der Waals surface area contributed by atoms with Gasteiger partial charge in [0.25, 0.3) is 0 Å². The topological polar surface area (TPSA) is 73.2 Å². The van der Waals surface area contributed by atoms with Gasteiger partial charge < -0.3 is 4.74 Å². The number of hydrogen-bond acceptors (Lipinski definition) is 4. The first-order valence-electron chi connectivity index (χ1n) is 7.92. The van der Waals surface area contributed by atoms with Crippen LogP contribution in [0.3, 0.4) is 0 Å². The summed E-state index contributed by atoms with van der Waals surface area (Å²) in [6, 6.07) is 4.47. The Kier molecular flexibility index (Phi) is 5.35. The van der Waals surface area contributed by atoms with E-state index >= 15 is 0 Å². The highest BCUT2D eigenvalue weighted by molar-refractivity contribution is 7.89. The lowest BCUT2D eigenvalue weighted by atomic mass is 10.1. The molecule has 0 aliphatic heterocycles. The average molecular weight is 351 g/mol. The second kappa shape index (κ2) is 6.94. The summed E-state index contributed by atoms with van der Waals surface area (Å²) in [4.78, 5) is 0.228. The quantitative estimate of drug-likeness (QED) is 0.868. The summed E-state index contributed by atoms with van der Waals surface area (Å²) in [5.41, 5.74) is 3.52. The molecule has 0 aliphatic carbocycles. The van der Waals surface area contributed by atoms with Crippen LogP contribution >= 0.6 is 0 Å². The van der Waals surface area contributed by atoms with Gasteiger partial charge in [-0.15, -0.1) is 0 Å². The van der Waals surface area contributed by atoms with E-state index in [0.717, 1.165) is 29.1 Å². The molecule has 0 saturated carbocycles. The van der Waals surface area contributed by atoms with Crippen molar-refractivity contribution in [1.82, 2.24) is 14.5 Å². The molecule has 1 aromatic carbocycles. The minimum Gasteiger partial charge on any atom is -0.496 e. The minimum atomic E-state index is -3.63. The van der Waals surface area contributed by atoms with Crippen molar-refractivity contribution in [2.45, 2.75) is 52.1 Å². The lowest BCUT2D eigenvalue weighted by Crippen LogP contribution is -2.27. The summed E-state index contributed by atoms with van der Waals surface area (Å²) >= 11 is 0. The average Bonchev–Trinajstić information content (AvgIpc) is 2.80. The highest BCUT2D eigenvalue weighted by atomic mass is 32.2. The van der Waals surface area contributed by atoms with Crippen LogP contribution in [0.1, 0.15) is 42.4 Å². The predicted octanol–water partition coefficient (Wildman–Crippen LogP) is 2.88. The molecule has 1 atom stereocenters. The molecule has 0 unspecified atom stereocenters. The minimum absolute atomic E-state index is 0.228. The van der Waals surface area contributed by atoms with Gasteiger partial charge in [0.2, 0.25) is 10.0 Å². The molecule has 2 aromatic rings. The number of ether oxygens (including phenoxy) is 1. The summed E-state index contributed by atoms with van der Waals surface area (Å²) in [6.07, 6.45) is 0. The Labute approximate surface area is 143 Å². The molecule has 132 valence electrons. The van der Waals surface area contributed by atoms with Gasteiger partial charge in [0.15, 0.2) is 0 Å². The SMILES string of the molecule is CCn1nc(C)c([C@H](C)NS(=O)(=O)c2ccc(OC)c(C)c2)c1C. The van der Waals surface area contributed by atoms with Crippen LogP contribution in [0.5, 0.6) is 5.75 Å². The number of sulfonamides is 1. The molecule has 6 nitrogen and oxygen atoms in total. The van der Waals surface area contributed by atoms with Gasteiger partial charge >= 0.3 is 0 Å². The zero-order chi connectivity index (χ0) is 18.1. The zero-order valence-corrected chi connectivity index (χ0v) is 15.9. The van der Waals surface area contributed by atoms with Crippen LogP contribution in [0.4, 0.5) is 0 Å². The van der Waals surface area contributed by atoms with Crippen LogP contribution in [-0.4, -0.2) is 25.3 Å². The van der Waals surface area contributed by atoms with Crippen molar-refractivity contribution in [3.63, 3.8) is 0 Å². The Balaban J connectivity index is 2.32. The molecule has 2 rings (SSSR count). The zero-order valence-electron chi connectivity index (χ0n) is 15.0. The van der Waals surface area contributed by atoms with Crippen molar-refractivity contribution in [2.24, 2.45) is 0 Å². The molecule has 0 radical (unpaired) electrons. The smallest absolute Gasteiger partial charge is 0.241 e. The highest BCUT2D eigenvalue weighted by Gasteiger charge is 2.23. The lowest BCUT2D eigenvalue weighted by molar-refractivity contribution is 0.411. The lowest BCUT2D eigenvalue weighted by Gasteiger charge is -2.16. The maximum absolute atomic E-state index is 12.7. The third kappa shape index (κ3) is 3.47. The molecule has 1 N–H and O–H groups in total. The van der Waals surface area contributed by atoms with Crippen LogP contribution in [-0.2, 0) is 16.6 Å². The number of benzene rings is 1. The number of hydrogen-bond donors (Lipinski definition) is 1. The van der Waals surface area contributed by atoms with Crippen LogP contribution in [0.2, 0.25) is 0 Å². The first-order chi connectivity index (χ1) is 11.2.